The second kappa shape index (κ2) is 9.39. The van der Waals surface area contributed by atoms with Crippen LogP contribution in [-0.2, 0) is 13.2 Å². The predicted octanol–water partition coefficient (Wildman–Crippen LogP) is 4.27. The lowest BCUT2D eigenvalue weighted by Gasteiger charge is -2.17. The molecule has 3 aromatic carbocycles. The van der Waals surface area contributed by atoms with Gasteiger partial charge in [0.2, 0.25) is 0 Å². The monoisotopic (exact) mass is 386 g/mol. The summed E-state index contributed by atoms with van der Waals surface area (Å²) >= 11 is 0. The Morgan fingerprint density at radius 3 is 2.31 bits per heavy atom. The van der Waals surface area contributed by atoms with Gasteiger partial charge in [-0.15, -0.1) is 0 Å². The first kappa shape index (κ1) is 19.2. The second-order valence-electron chi connectivity index (χ2n) is 7.48. The van der Waals surface area contributed by atoms with Crippen LogP contribution in [0.5, 0.6) is 5.75 Å². The molecule has 4 nitrogen and oxygen atoms in total. The minimum absolute atomic E-state index is 0.00733. The summed E-state index contributed by atoms with van der Waals surface area (Å²) < 4.78 is 5.75. The number of hydrogen-bond donors (Lipinski definition) is 1. The van der Waals surface area contributed by atoms with Gasteiger partial charge in [0.05, 0.1) is 0 Å². The molecule has 0 bridgehead atoms. The SMILES string of the molecule is O=C(N[C@H]1CCN(Cc2ccccc2)C1)c1ccc(COc2ccccc2)cc1. The first-order chi connectivity index (χ1) is 14.3. The Bertz CT molecular complexity index is 911. The lowest BCUT2D eigenvalue weighted by molar-refractivity contribution is 0.0937. The summed E-state index contributed by atoms with van der Waals surface area (Å²) in [4.78, 5) is 15.0. The standard InChI is InChI=1S/C25H26N2O2/c28-25(26-23-15-16-27(18-23)17-20-7-3-1-4-8-20)22-13-11-21(12-14-22)19-29-24-9-5-2-6-10-24/h1-14,23H,15-19H2,(H,26,28)/t23-/m0/s1. The molecule has 1 aliphatic rings. The van der Waals surface area contributed by atoms with Crippen LogP contribution in [0.25, 0.3) is 0 Å². The van der Waals surface area contributed by atoms with Crippen molar-refractivity contribution in [2.45, 2.75) is 25.6 Å². The molecular formula is C25H26N2O2. The first-order valence-electron chi connectivity index (χ1n) is 10.1. The highest BCUT2D eigenvalue weighted by Gasteiger charge is 2.24. The minimum atomic E-state index is -0.00733. The summed E-state index contributed by atoms with van der Waals surface area (Å²) in [5.41, 5.74) is 3.04. The largest absolute Gasteiger partial charge is 0.489 e. The number of likely N-dealkylation sites (tertiary alicyclic amines) is 1. The molecule has 3 aromatic rings. The van der Waals surface area contributed by atoms with Crippen molar-refractivity contribution >= 4 is 5.91 Å². The van der Waals surface area contributed by atoms with E-state index in [0.29, 0.717) is 12.2 Å². The summed E-state index contributed by atoms with van der Waals surface area (Å²) in [6, 6.07) is 28.1. The van der Waals surface area contributed by atoms with E-state index in [1.54, 1.807) is 0 Å². The molecule has 1 saturated heterocycles. The highest BCUT2D eigenvalue weighted by atomic mass is 16.5. The van der Waals surface area contributed by atoms with Gasteiger partial charge in [-0.05, 0) is 41.8 Å². The third kappa shape index (κ3) is 5.46. The molecule has 1 amide bonds. The Morgan fingerprint density at radius 2 is 1.59 bits per heavy atom. The zero-order valence-corrected chi connectivity index (χ0v) is 16.5. The normalized spacial score (nSPS) is 16.5. The van der Waals surface area contributed by atoms with Crippen LogP contribution in [0.4, 0.5) is 0 Å². The molecule has 0 saturated carbocycles. The topological polar surface area (TPSA) is 41.6 Å². The summed E-state index contributed by atoms with van der Waals surface area (Å²) in [7, 11) is 0. The highest BCUT2D eigenvalue weighted by molar-refractivity contribution is 5.94. The van der Waals surface area contributed by atoms with Crippen LogP contribution >= 0.6 is 0 Å². The molecule has 148 valence electrons. The van der Waals surface area contributed by atoms with E-state index in [2.05, 4.69) is 34.5 Å². The Hall–Kier alpha value is -3.11. The Labute approximate surface area is 172 Å². The van der Waals surface area contributed by atoms with Crippen molar-refractivity contribution in [3.63, 3.8) is 0 Å². The molecule has 0 unspecified atom stereocenters. The molecule has 0 aromatic heterocycles. The number of carbonyl (C=O) groups is 1. The van der Waals surface area contributed by atoms with Crippen LogP contribution in [0.3, 0.4) is 0 Å². The summed E-state index contributed by atoms with van der Waals surface area (Å²) in [6.45, 7) is 3.32. The van der Waals surface area contributed by atoms with Crippen LogP contribution in [0.15, 0.2) is 84.9 Å². The zero-order valence-electron chi connectivity index (χ0n) is 16.5. The van der Waals surface area contributed by atoms with Crippen molar-refractivity contribution in [2.24, 2.45) is 0 Å². The number of carbonyl (C=O) groups excluding carboxylic acids is 1. The maximum absolute atomic E-state index is 12.6. The molecule has 29 heavy (non-hydrogen) atoms. The molecule has 4 heteroatoms. The van der Waals surface area contributed by atoms with Crippen molar-refractivity contribution in [3.05, 3.63) is 102 Å². The quantitative estimate of drug-likeness (QED) is 0.659. The summed E-state index contributed by atoms with van der Waals surface area (Å²) in [5, 5.41) is 3.18. The van der Waals surface area contributed by atoms with Crippen molar-refractivity contribution in [3.8, 4) is 5.75 Å². The smallest absolute Gasteiger partial charge is 0.251 e. The fourth-order valence-electron chi connectivity index (χ4n) is 3.64. The van der Waals surface area contributed by atoms with Gasteiger partial charge in [0, 0.05) is 31.2 Å². The minimum Gasteiger partial charge on any atom is -0.489 e. The molecule has 1 fully saturated rings. The lowest BCUT2D eigenvalue weighted by atomic mass is 10.1. The number of hydrogen-bond acceptors (Lipinski definition) is 3. The van der Waals surface area contributed by atoms with E-state index in [1.165, 1.54) is 5.56 Å². The Balaban J connectivity index is 1.25. The van der Waals surface area contributed by atoms with Gasteiger partial charge in [-0.3, -0.25) is 9.69 Å². The van der Waals surface area contributed by atoms with Crippen LogP contribution in [0.1, 0.15) is 27.9 Å². The number of nitrogens with one attached hydrogen (secondary N) is 1. The maximum atomic E-state index is 12.6. The van der Waals surface area contributed by atoms with Gasteiger partial charge in [0.25, 0.3) is 5.91 Å². The van der Waals surface area contributed by atoms with Crippen molar-refractivity contribution in [1.29, 1.82) is 0 Å². The number of nitrogens with zero attached hydrogens (tertiary/aromatic N) is 1. The molecule has 1 heterocycles. The average molecular weight is 386 g/mol. The number of ether oxygens (including phenoxy) is 1. The van der Waals surface area contributed by atoms with E-state index in [1.807, 2.05) is 60.7 Å². The number of para-hydroxylation sites is 1. The molecule has 1 aliphatic heterocycles. The zero-order chi connectivity index (χ0) is 19.9. The molecule has 4 rings (SSSR count). The molecule has 0 aliphatic carbocycles. The van der Waals surface area contributed by atoms with E-state index in [-0.39, 0.29) is 11.9 Å². The van der Waals surface area contributed by atoms with Crippen LogP contribution < -0.4 is 10.1 Å². The summed E-state index contributed by atoms with van der Waals surface area (Å²) in [5.74, 6) is 0.836. The van der Waals surface area contributed by atoms with E-state index in [0.717, 1.165) is 37.4 Å². The third-order valence-corrected chi connectivity index (χ3v) is 5.22. The highest BCUT2D eigenvalue weighted by Crippen LogP contribution is 2.15. The fraction of sp³-hybridized carbons (Fsp3) is 0.240. The predicted molar refractivity (Wildman–Crippen MR) is 115 cm³/mol. The van der Waals surface area contributed by atoms with Gasteiger partial charge in [-0.1, -0.05) is 60.7 Å². The van der Waals surface area contributed by atoms with Crippen LogP contribution in [-0.4, -0.2) is 29.9 Å². The Kier molecular flexibility index (Phi) is 6.22. The number of amides is 1. The Morgan fingerprint density at radius 1 is 0.897 bits per heavy atom. The van der Waals surface area contributed by atoms with Crippen LogP contribution in [0.2, 0.25) is 0 Å². The van der Waals surface area contributed by atoms with Gasteiger partial charge >= 0.3 is 0 Å². The fourth-order valence-corrected chi connectivity index (χ4v) is 3.64. The molecule has 1 N–H and O–H groups in total. The number of rotatable bonds is 7. The van der Waals surface area contributed by atoms with Gasteiger partial charge < -0.3 is 10.1 Å². The van der Waals surface area contributed by atoms with Gasteiger partial charge in [0.1, 0.15) is 12.4 Å². The van der Waals surface area contributed by atoms with Crippen LogP contribution in [0, 0.1) is 0 Å². The lowest BCUT2D eigenvalue weighted by Crippen LogP contribution is -2.37. The van der Waals surface area contributed by atoms with E-state index >= 15 is 0 Å². The van der Waals surface area contributed by atoms with E-state index in [4.69, 9.17) is 4.74 Å². The third-order valence-electron chi connectivity index (χ3n) is 5.22. The van der Waals surface area contributed by atoms with E-state index < -0.39 is 0 Å². The molecule has 1 atom stereocenters. The van der Waals surface area contributed by atoms with E-state index in [9.17, 15) is 4.79 Å². The number of benzene rings is 3. The molecule has 0 spiro atoms. The molecule has 0 radical (unpaired) electrons. The average Bonchev–Trinajstić information content (AvgIpc) is 3.20. The van der Waals surface area contributed by atoms with Gasteiger partial charge in [-0.2, -0.15) is 0 Å². The maximum Gasteiger partial charge on any atom is 0.251 e. The van der Waals surface area contributed by atoms with Crippen molar-refractivity contribution < 1.29 is 9.53 Å². The van der Waals surface area contributed by atoms with Gasteiger partial charge in [-0.25, -0.2) is 0 Å². The van der Waals surface area contributed by atoms with Gasteiger partial charge in [0.15, 0.2) is 0 Å². The second-order valence-corrected chi connectivity index (χ2v) is 7.48. The van der Waals surface area contributed by atoms with Crippen molar-refractivity contribution in [2.75, 3.05) is 13.1 Å². The molecular weight excluding hydrogens is 360 g/mol. The van der Waals surface area contributed by atoms with Crippen molar-refractivity contribution in [1.82, 2.24) is 10.2 Å². The first-order valence-corrected chi connectivity index (χ1v) is 10.1. The summed E-state index contributed by atoms with van der Waals surface area (Å²) in [6.07, 6.45) is 0.988.